The van der Waals surface area contributed by atoms with Crippen LogP contribution in [0.3, 0.4) is 0 Å². The van der Waals surface area contributed by atoms with E-state index in [9.17, 15) is 9.59 Å². The maximum Gasteiger partial charge on any atom is 0.306 e. The average Bonchev–Trinajstić information content (AvgIpc) is 2.97. The molecule has 0 aliphatic heterocycles. The van der Waals surface area contributed by atoms with Crippen molar-refractivity contribution in [2.75, 3.05) is 19.5 Å². The van der Waals surface area contributed by atoms with Crippen LogP contribution < -0.4 is 14.8 Å². The number of carbonyl (C=O) groups excluding carboxylic acids is 1. The first-order valence-electron chi connectivity index (χ1n) is 6.80. The molecule has 6 heteroatoms. The van der Waals surface area contributed by atoms with E-state index in [0.29, 0.717) is 36.4 Å². The molecule has 0 radical (unpaired) electrons. The molecule has 1 saturated carbocycles. The Labute approximate surface area is 123 Å². The third-order valence-corrected chi connectivity index (χ3v) is 3.82. The molecule has 114 valence electrons. The smallest absolute Gasteiger partial charge is 0.306 e. The molecule has 6 nitrogen and oxygen atoms in total. The molecule has 1 amide bonds. The van der Waals surface area contributed by atoms with Gasteiger partial charge in [0.05, 0.1) is 25.8 Å². The molecule has 1 aromatic carbocycles. The van der Waals surface area contributed by atoms with E-state index in [1.807, 2.05) is 0 Å². The summed E-state index contributed by atoms with van der Waals surface area (Å²) in [6.07, 6.45) is 1.54. The first-order chi connectivity index (χ1) is 10.0. The average molecular weight is 293 g/mol. The summed E-state index contributed by atoms with van der Waals surface area (Å²) in [5, 5.41) is 11.8. The number of carboxylic acid groups (broad SMARTS) is 1. The molecule has 1 aliphatic rings. The van der Waals surface area contributed by atoms with Gasteiger partial charge in [-0.2, -0.15) is 0 Å². The minimum absolute atomic E-state index is 0.165. The van der Waals surface area contributed by atoms with Gasteiger partial charge < -0.3 is 19.9 Å². The monoisotopic (exact) mass is 293 g/mol. The van der Waals surface area contributed by atoms with Crippen molar-refractivity contribution < 1.29 is 24.2 Å². The lowest BCUT2D eigenvalue weighted by Crippen LogP contribution is -2.22. The Hall–Kier alpha value is -2.24. The molecule has 1 aliphatic carbocycles. The summed E-state index contributed by atoms with van der Waals surface area (Å²) in [5.41, 5.74) is 0.557. The second-order valence-electron chi connectivity index (χ2n) is 5.10. The Morgan fingerprint density at radius 3 is 2.48 bits per heavy atom. The fourth-order valence-electron chi connectivity index (χ4n) is 2.58. The quantitative estimate of drug-likeness (QED) is 0.869. The van der Waals surface area contributed by atoms with E-state index in [1.165, 1.54) is 7.11 Å². The second kappa shape index (κ2) is 6.47. The normalized spacial score (nSPS) is 20.9. The zero-order chi connectivity index (χ0) is 15.4. The lowest BCUT2D eigenvalue weighted by molar-refractivity contribution is -0.141. The summed E-state index contributed by atoms with van der Waals surface area (Å²) in [5.74, 6) is -0.530. The standard InChI is InChI=1S/C15H19NO5/c1-20-11-5-6-12(13(8-11)21-2)16-14(17)9-3-4-10(7-9)15(18)19/h5-6,8-10H,3-4,7H2,1-2H3,(H,16,17)(H,18,19)/t9-,10+/m1/s1. The van der Waals surface area contributed by atoms with Crippen molar-refractivity contribution in [1.29, 1.82) is 0 Å². The lowest BCUT2D eigenvalue weighted by Gasteiger charge is -2.14. The van der Waals surface area contributed by atoms with E-state index in [2.05, 4.69) is 5.32 Å². The fourth-order valence-corrected chi connectivity index (χ4v) is 2.58. The Balaban J connectivity index is 2.05. The van der Waals surface area contributed by atoms with Gasteiger partial charge in [0.1, 0.15) is 11.5 Å². The van der Waals surface area contributed by atoms with Crippen molar-refractivity contribution in [1.82, 2.24) is 0 Å². The number of aliphatic carboxylic acids is 1. The molecule has 0 heterocycles. The SMILES string of the molecule is COc1ccc(NC(=O)[C@@H]2CC[C@H](C(=O)O)C2)c(OC)c1. The number of hydrogen-bond donors (Lipinski definition) is 2. The Morgan fingerprint density at radius 1 is 1.19 bits per heavy atom. The fraction of sp³-hybridized carbons (Fsp3) is 0.467. The Morgan fingerprint density at radius 2 is 1.90 bits per heavy atom. The summed E-state index contributed by atoms with van der Waals surface area (Å²) in [6, 6.07) is 5.12. The summed E-state index contributed by atoms with van der Waals surface area (Å²) < 4.78 is 10.3. The van der Waals surface area contributed by atoms with Gasteiger partial charge in [-0.25, -0.2) is 0 Å². The second-order valence-corrected chi connectivity index (χ2v) is 5.10. The molecule has 2 rings (SSSR count). The molecule has 0 aromatic heterocycles. The zero-order valence-electron chi connectivity index (χ0n) is 12.1. The molecule has 2 N–H and O–H groups in total. The lowest BCUT2D eigenvalue weighted by atomic mass is 10.0. The molecular formula is C15H19NO5. The van der Waals surface area contributed by atoms with E-state index < -0.39 is 11.9 Å². The third kappa shape index (κ3) is 3.45. The van der Waals surface area contributed by atoms with Crippen LogP contribution >= 0.6 is 0 Å². The summed E-state index contributed by atoms with van der Waals surface area (Å²) in [4.78, 5) is 23.1. The van der Waals surface area contributed by atoms with Crippen molar-refractivity contribution in [2.45, 2.75) is 19.3 Å². The number of amides is 1. The van der Waals surface area contributed by atoms with Crippen LogP contribution in [0.4, 0.5) is 5.69 Å². The van der Waals surface area contributed by atoms with Crippen molar-refractivity contribution in [2.24, 2.45) is 11.8 Å². The van der Waals surface area contributed by atoms with E-state index in [1.54, 1.807) is 25.3 Å². The van der Waals surface area contributed by atoms with Crippen LogP contribution in [0.1, 0.15) is 19.3 Å². The van der Waals surface area contributed by atoms with Gasteiger partial charge in [-0.05, 0) is 31.4 Å². The van der Waals surface area contributed by atoms with Gasteiger partial charge in [0.15, 0.2) is 0 Å². The highest BCUT2D eigenvalue weighted by Gasteiger charge is 2.34. The molecule has 0 spiro atoms. The largest absolute Gasteiger partial charge is 0.497 e. The van der Waals surface area contributed by atoms with Gasteiger partial charge in [0.25, 0.3) is 0 Å². The number of hydrogen-bond acceptors (Lipinski definition) is 4. The predicted molar refractivity (Wildman–Crippen MR) is 76.6 cm³/mol. The van der Waals surface area contributed by atoms with Crippen molar-refractivity contribution in [3.63, 3.8) is 0 Å². The van der Waals surface area contributed by atoms with Gasteiger partial charge in [-0.1, -0.05) is 0 Å². The van der Waals surface area contributed by atoms with Gasteiger partial charge in [-0.3, -0.25) is 9.59 Å². The molecule has 0 unspecified atom stereocenters. The van der Waals surface area contributed by atoms with E-state index in [-0.39, 0.29) is 11.8 Å². The number of anilines is 1. The van der Waals surface area contributed by atoms with Gasteiger partial charge >= 0.3 is 5.97 Å². The predicted octanol–water partition coefficient (Wildman–Crippen LogP) is 2.14. The summed E-state index contributed by atoms with van der Waals surface area (Å²) in [6.45, 7) is 0. The van der Waals surface area contributed by atoms with Crippen molar-refractivity contribution in [3.05, 3.63) is 18.2 Å². The highest BCUT2D eigenvalue weighted by molar-refractivity contribution is 5.94. The molecule has 21 heavy (non-hydrogen) atoms. The molecular weight excluding hydrogens is 274 g/mol. The number of ether oxygens (including phenoxy) is 2. The number of carboxylic acids is 1. The molecule has 1 fully saturated rings. The molecule has 0 bridgehead atoms. The highest BCUT2D eigenvalue weighted by atomic mass is 16.5. The number of benzene rings is 1. The van der Waals surface area contributed by atoms with E-state index in [0.717, 1.165) is 0 Å². The van der Waals surface area contributed by atoms with Crippen molar-refractivity contribution >= 4 is 17.6 Å². The van der Waals surface area contributed by atoms with Crippen LogP contribution in [0, 0.1) is 11.8 Å². The minimum Gasteiger partial charge on any atom is -0.497 e. The van der Waals surface area contributed by atoms with Gasteiger partial charge in [0.2, 0.25) is 5.91 Å². The van der Waals surface area contributed by atoms with E-state index >= 15 is 0 Å². The van der Waals surface area contributed by atoms with E-state index in [4.69, 9.17) is 14.6 Å². The van der Waals surface area contributed by atoms with Crippen LogP contribution in [-0.2, 0) is 9.59 Å². The zero-order valence-corrected chi connectivity index (χ0v) is 12.1. The first kappa shape index (κ1) is 15.2. The number of rotatable bonds is 5. The molecule has 0 saturated heterocycles. The minimum atomic E-state index is -0.827. The summed E-state index contributed by atoms with van der Waals surface area (Å²) >= 11 is 0. The summed E-state index contributed by atoms with van der Waals surface area (Å²) in [7, 11) is 3.07. The molecule has 1 aromatic rings. The maximum absolute atomic E-state index is 12.2. The van der Waals surface area contributed by atoms with Crippen LogP contribution in [0.2, 0.25) is 0 Å². The number of methoxy groups -OCH3 is 2. The molecule has 2 atom stereocenters. The maximum atomic E-state index is 12.2. The topological polar surface area (TPSA) is 84.9 Å². The number of carbonyl (C=O) groups is 2. The number of nitrogens with one attached hydrogen (secondary N) is 1. The van der Waals surface area contributed by atoms with Crippen molar-refractivity contribution in [3.8, 4) is 11.5 Å². The van der Waals surface area contributed by atoms with Crippen LogP contribution in [-0.4, -0.2) is 31.2 Å². The first-order valence-corrected chi connectivity index (χ1v) is 6.80. The van der Waals surface area contributed by atoms with Crippen LogP contribution in [0.15, 0.2) is 18.2 Å². The highest BCUT2D eigenvalue weighted by Crippen LogP contribution is 2.34. The van der Waals surface area contributed by atoms with Gasteiger partial charge in [-0.15, -0.1) is 0 Å². The third-order valence-electron chi connectivity index (χ3n) is 3.82. The van der Waals surface area contributed by atoms with Crippen LogP contribution in [0.5, 0.6) is 11.5 Å². The van der Waals surface area contributed by atoms with Crippen LogP contribution in [0.25, 0.3) is 0 Å². The Bertz CT molecular complexity index is 543. The Kier molecular flexibility index (Phi) is 4.67. The van der Waals surface area contributed by atoms with Gasteiger partial charge in [0, 0.05) is 12.0 Å².